The van der Waals surface area contributed by atoms with Crippen molar-refractivity contribution >= 4 is 46.4 Å². The van der Waals surface area contributed by atoms with Gasteiger partial charge in [-0.1, -0.05) is 41.4 Å². The zero-order valence-corrected chi connectivity index (χ0v) is 16.0. The minimum absolute atomic E-state index is 0.116. The molecule has 0 aliphatic carbocycles. The molecule has 0 saturated carbocycles. The van der Waals surface area contributed by atoms with E-state index >= 15 is 0 Å². The SMILES string of the molecule is O=C(Cc1ccc(Cl)cc1)Nc1ccc(Cl)cc1C(=O)Nc1cccc(F)c1. The third kappa shape index (κ3) is 5.31. The van der Waals surface area contributed by atoms with Crippen molar-refractivity contribution in [3.8, 4) is 0 Å². The van der Waals surface area contributed by atoms with Gasteiger partial charge in [-0.3, -0.25) is 9.59 Å². The van der Waals surface area contributed by atoms with Gasteiger partial charge in [0, 0.05) is 15.7 Å². The molecule has 0 spiro atoms. The minimum atomic E-state index is -0.519. The highest BCUT2D eigenvalue weighted by molar-refractivity contribution is 6.31. The van der Waals surface area contributed by atoms with E-state index in [-0.39, 0.29) is 17.9 Å². The van der Waals surface area contributed by atoms with Gasteiger partial charge in [0.05, 0.1) is 17.7 Å². The zero-order valence-electron chi connectivity index (χ0n) is 14.5. The summed E-state index contributed by atoms with van der Waals surface area (Å²) < 4.78 is 13.3. The molecule has 0 fully saturated rings. The van der Waals surface area contributed by atoms with Crippen molar-refractivity contribution in [2.24, 2.45) is 0 Å². The summed E-state index contributed by atoms with van der Waals surface area (Å²) in [5.74, 6) is -1.29. The van der Waals surface area contributed by atoms with Crippen LogP contribution in [0.3, 0.4) is 0 Å². The summed E-state index contributed by atoms with van der Waals surface area (Å²) in [4.78, 5) is 25.0. The van der Waals surface area contributed by atoms with E-state index < -0.39 is 11.7 Å². The fourth-order valence-electron chi connectivity index (χ4n) is 2.56. The van der Waals surface area contributed by atoms with Crippen molar-refractivity contribution in [2.75, 3.05) is 10.6 Å². The van der Waals surface area contributed by atoms with Crippen molar-refractivity contribution < 1.29 is 14.0 Å². The molecule has 2 N–H and O–H groups in total. The Kier molecular flexibility index (Phi) is 6.29. The highest BCUT2D eigenvalue weighted by Gasteiger charge is 2.15. The van der Waals surface area contributed by atoms with Gasteiger partial charge >= 0.3 is 0 Å². The van der Waals surface area contributed by atoms with Crippen molar-refractivity contribution in [1.29, 1.82) is 0 Å². The largest absolute Gasteiger partial charge is 0.325 e. The van der Waals surface area contributed by atoms with E-state index in [0.29, 0.717) is 21.4 Å². The fraction of sp³-hybridized carbons (Fsp3) is 0.0476. The third-order valence-corrected chi connectivity index (χ3v) is 4.35. The van der Waals surface area contributed by atoms with Crippen LogP contribution in [0.2, 0.25) is 10.0 Å². The number of benzene rings is 3. The number of halogens is 3. The minimum Gasteiger partial charge on any atom is -0.325 e. The number of carbonyl (C=O) groups excluding carboxylic acids is 2. The van der Waals surface area contributed by atoms with Gasteiger partial charge in [-0.15, -0.1) is 0 Å². The van der Waals surface area contributed by atoms with Crippen molar-refractivity contribution in [3.05, 3.63) is 93.7 Å². The lowest BCUT2D eigenvalue weighted by molar-refractivity contribution is -0.115. The monoisotopic (exact) mass is 416 g/mol. The number of hydrogen-bond acceptors (Lipinski definition) is 2. The Balaban J connectivity index is 1.77. The zero-order chi connectivity index (χ0) is 20.1. The Morgan fingerprint density at radius 2 is 1.57 bits per heavy atom. The first-order valence-electron chi connectivity index (χ1n) is 8.31. The summed E-state index contributed by atoms with van der Waals surface area (Å²) in [5, 5.41) is 6.22. The predicted molar refractivity (Wildman–Crippen MR) is 110 cm³/mol. The molecule has 0 aromatic heterocycles. The number of anilines is 2. The Hall–Kier alpha value is -2.89. The van der Waals surface area contributed by atoms with Crippen LogP contribution in [0.25, 0.3) is 0 Å². The molecule has 142 valence electrons. The van der Waals surface area contributed by atoms with E-state index in [1.807, 2.05) is 0 Å². The van der Waals surface area contributed by atoms with Gasteiger partial charge in [0.1, 0.15) is 5.82 Å². The molecule has 3 aromatic rings. The number of amides is 2. The maximum Gasteiger partial charge on any atom is 0.257 e. The highest BCUT2D eigenvalue weighted by Crippen LogP contribution is 2.23. The van der Waals surface area contributed by atoms with Crippen molar-refractivity contribution in [2.45, 2.75) is 6.42 Å². The van der Waals surface area contributed by atoms with Gasteiger partial charge in [-0.05, 0) is 54.1 Å². The highest BCUT2D eigenvalue weighted by atomic mass is 35.5. The molecule has 4 nitrogen and oxygen atoms in total. The molecule has 0 bridgehead atoms. The molecular weight excluding hydrogens is 402 g/mol. The van der Waals surface area contributed by atoms with E-state index in [9.17, 15) is 14.0 Å². The van der Waals surface area contributed by atoms with E-state index in [4.69, 9.17) is 23.2 Å². The third-order valence-electron chi connectivity index (χ3n) is 3.86. The van der Waals surface area contributed by atoms with Crippen LogP contribution in [-0.2, 0) is 11.2 Å². The molecule has 28 heavy (non-hydrogen) atoms. The maximum absolute atomic E-state index is 13.3. The molecule has 0 atom stereocenters. The van der Waals surface area contributed by atoms with Crippen LogP contribution < -0.4 is 10.6 Å². The molecular formula is C21H15Cl2FN2O2. The summed E-state index contributed by atoms with van der Waals surface area (Å²) in [6, 6.07) is 17.0. The topological polar surface area (TPSA) is 58.2 Å². The smallest absolute Gasteiger partial charge is 0.257 e. The second-order valence-corrected chi connectivity index (χ2v) is 6.88. The van der Waals surface area contributed by atoms with E-state index in [2.05, 4.69) is 10.6 Å². The lowest BCUT2D eigenvalue weighted by atomic mass is 10.1. The van der Waals surface area contributed by atoms with Crippen LogP contribution in [0.5, 0.6) is 0 Å². The Morgan fingerprint density at radius 3 is 2.29 bits per heavy atom. The van der Waals surface area contributed by atoms with Crippen LogP contribution in [0.15, 0.2) is 66.7 Å². The molecule has 3 rings (SSSR count). The van der Waals surface area contributed by atoms with Gasteiger partial charge in [-0.2, -0.15) is 0 Å². The number of rotatable bonds is 5. The quantitative estimate of drug-likeness (QED) is 0.571. The van der Waals surface area contributed by atoms with Crippen LogP contribution >= 0.6 is 23.2 Å². The lowest BCUT2D eigenvalue weighted by Crippen LogP contribution is -2.19. The molecule has 0 radical (unpaired) electrons. The molecule has 0 aliphatic rings. The summed E-state index contributed by atoms with van der Waals surface area (Å²) in [6.45, 7) is 0. The molecule has 7 heteroatoms. The predicted octanol–water partition coefficient (Wildman–Crippen LogP) is 5.57. The summed E-state index contributed by atoms with van der Waals surface area (Å²) in [6.07, 6.45) is 0.116. The standard InChI is InChI=1S/C21H15Cl2FN2O2/c22-14-6-4-13(5-7-14)10-20(27)26-19-9-8-15(23)11-18(19)21(28)25-17-3-1-2-16(24)12-17/h1-9,11-12H,10H2,(H,25,28)(H,26,27). The van der Waals surface area contributed by atoms with Crippen LogP contribution in [0, 0.1) is 5.82 Å². The van der Waals surface area contributed by atoms with E-state index in [1.54, 1.807) is 42.5 Å². The van der Waals surface area contributed by atoms with Crippen LogP contribution in [-0.4, -0.2) is 11.8 Å². The molecule has 0 heterocycles. The van der Waals surface area contributed by atoms with Gasteiger partial charge in [0.15, 0.2) is 0 Å². The van der Waals surface area contributed by atoms with Gasteiger partial charge < -0.3 is 10.6 Å². The number of carbonyl (C=O) groups is 2. The number of nitrogens with one attached hydrogen (secondary N) is 2. The fourth-order valence-corrected chi connectivity index (χ4v) is 2.86. The molecule has 0 aliphatic heterocycles. The summed E-state index contributed by atoms with van der Waals surface area (Å²) in [7, 11) is 0. The Morgan fingerprint density at radius 1 is 0.857 bits per heavy atom. The van der Waals surface area contributed by atoms with Gasteiger partial charge in [-0.25, -0.2) is 4.39 Å². The average Bonchev–Trinajstić information content (AvgIpc) is 2.65. The lowest BCUT2D eigenvalue weighted by Gasteiger charge is -2.12. The Labute approximate surface area is 171 Å². The number of hydrogen-bond donors (Lipinski definition) is 2. The van der Waals surface area contributed by atoms with Crippen molar-refractivity contribution in [3.63, 3.8) is 0 Å². The van der Waals surface area contributed by atoms with Gasteiger partial charge in [0.25, 0.3) is 5.91 Å². The normalized spacial score (nSPS) is 10.4. The average molecular weight is 417 g/mol. The molecule has 0 saturated heterocycles. The molecule has 2 amide bonds. The summed E-state index contributed by atoms with van der Waals surface area (Å²) in [5.41, 5.74) is 1.54. The van der Waals surface area contributed by atoms with E-state index in [1.165, 1.54) is 24.3 Å². The first kappa shape index (κ1) is 19.9. The first-order chi connectivity index (χ1) is 13.4. The van der Waals surface area contributed by atoms with E-state index in [0.717, 1.165) is 5.56 Å². The molecule has 3 aromatic carbocycles. The van der Waals surface area contributed by atoms with Crippen molar-refractivity contribution in [1.82, 2.24) is 0 Å². The molecule has 0 unspecified atom stereocenters. The second kappa shape index (κ2) is 8.87. The van der Waals surface area contributed by atoms with Crippen LogP contribution in [0.4, 0.5) is 15.8 Å². The summed E-state index contributed by atoms with van der Waals surface area (Å²) >= 11 is 11.8. The van der Waals surface area contributed by atoms with Gasteiger partial charge in [0.2, 0.25) is 5.91 Å². The van der Waals surface area contributed by atoms with Crippen LogP contribution in [0.1, 0.15) is 15.9 Å². The Bertz CT molecular complexity index is 1020. The first-order valence-corrected chi connectivity index (χ1v) is 9.07. The maximum atomic E-state index is 13.3. The second-order valence-electron chi connectivity index (χ2n) is 6.01.